The molecule has 12 heteroatoms. The Bertz CT molecular complexity index is 10800. The molecule has 0 aliphatic carbocycles. The van der Waals surface area contributed by atoms with Crippen molar-refractivity contribution < 1.29 is 22.1 Å². The molecule has 0 saturated heterocycles. The third-order valence-corrected chi connectivity index (χ3v) is 33.4. The Morgan fingerprint density at radius 2 is 0.486 bits per heavy atom. The predicted octanol–water partition coefficient (Wildman–Crippen LogP) is 38.3. The molecule has 0 spiro atoms. The number of nitrogens with zero attached hydrogens (tertiary/aromatic N) is 3. The molecular weight excluding hydrogens is 1760 g/mol. The molecule has 0 fully saturated rings. The van der Waals surface area contributed by atoms with Gasteiger partial charge in [0.25, 0.3) is 0 Å². The summed E-state index contributed by atoms with van der Waals surface area (Å²) in [5, 5.41) is 29.3. The SMILES string of the molecule is c1ccc2c(c1)oc1cccc(-c3cccc4c3oc3ccc(-n5c6ccccc6c6c7sc8ccccc8c7ccc65)cc34)c12.c1ccc2c(c1)oc1cccc(-c3cccc4c3oc3ccc(-n5c6ccccc6c6cc7sc8ccccc8c7cc65)cc34)c12.c1ccc2c(c1)sc1cc3c(cc12)c1ccccc1n3-c1ccc2oc3c(-c4cccc5sc6ccccc6c45)cccc3c2c1. The second-order valence-corrected chi connectivity index (χ2v) is 40.4. The Labute approximate surface area is 799 Å². The number of hydrogen-bond donors (Lipinski definition) is 0. The van der Waals surface area contributed by atoms with Crippen molar-refractivity contribution in [2.75, 3.05) is 0 Å². The third kappa shape index (κ3) is 11.1. The average Bonchev–Trinajstić information content (AvgIpc) is 1.54. The van der Waals surface area contributed by atoms with Crippen LogP contribution in [0.4, 0.5) is 0 Å². The lowest BCUT2D eigenvalue weighted by Crippen LogP contribution is -1.93. The van der Waals surface area contributed by atoms with E-state index in [1.165, 1.54) is 152 Å². The number of rotatable bonds is 6. The van der Waals surface area contributed by atoms with Gasteiger partial charge >= 0.3 is 0 Å². The Morgan fingerprint density at radius 3 is 1.01 bits per heavy atom. The van der Waals surface area contributed by atoms with Gasteiger partial charge in [-0.3, -0.25) is 0 Å². The highest BCUT2D eigenvalue weighted by atomic mass is 32.1. The van der Waals surface area contributed by atoms with Crippen LogP contribution in [0.2, 0.25) is 0 Å². The largest absolute Gasteiger partial charge is 0.456 e. The standard InChI is InChI=1S/2C42H23NO2S.C42H23NOS2/c1-4-15-33-30(10-1)40-34(21-20-29-25-9-3-6-18-38(25)46-42(29)40)43(33)24-19-22-36-32(23-24)28-14-7-13-27(41(28)45-36)26-12-8-17-37-39(26)31-11-2-5-16-35(31)44-37;1-4-15-34-25(9-1)31-23-40-33(26-10-3-6-18-39(26)46-40)22-35(31)43(34)24-19-20-37-32(21-24)29-14-7-13-28(42(29)45-37)27-12-8-17-38-41(27)30-11-2-5-16-36(30)44-38;1-4-15-34-25(9-1)31-22-33-26-10-2-5-16-37(26)46-40(33)23-35(31)43(34)24-19-20-36-32(21-24)29-14-7-13-28(42(29)44-36)27-12-8-18-39-41(27)30-11-3-6-17-38(30)45-39/h3*1-23H. The molecular formula is C126H69N3O5S4. The Balaban J connectivity index is 0.0000000959. The van der Waals surface area contributed by atoms with E-state index in [0.717, 1.165) is 155 Å². The lowest BCUT2D eigenvalue weighted by Gasteiger charge is -2.08. The molecule has 12 heterocycles. The first-order valence-electron chi connectivity index (χ1n) is 46.5. The number of benzene rings is 21. The lowest BCUT2D eigenvalue weighted by atomic mass is 9.97. The van der Waals surface area contributed by atoms with Crippen LogP contribution < -0.4 is 0 Å². The molecule has 0 atom stereocenters. The van der Waals surface area contributed by atoms with Crippen molar-refractivity contribution in [3.63, 3.8) is 0 Å². The fourth-order valence-electron chi connectivity index (χ4n) is 22.9. The first kappa shape index (κ1) is 76.3. The number of para-hydroxylation sites is 8. The van der Waals surface area contributed by atoms with Gasteiger partial charge in [0.1, 0.15) is 55.8 Å². The van der Waals surface area contributed by atoms with E-state index in [2.05, 4.69) is 396 Å². The summed E-state index contributed by atoms with van der Waals surface area (Å²) in [5.74, 6) is 0. The average molecular weight is 1830 g/mol. The Kier molecular flexibility index (Phi) is 16.2. The van der Waals surface area contributed by atoms with Gasteiger partial charge < -0.3 is 35.8 Å². The summed E-state index contributed by atoms with van der Waals surface area (Å²) in [6, 6.07) is 150. The van der Waals surface area contributed by atoms with E-state index in [9.17, 15) is 0 Å². The minimum atomic E-state index is 0.877. The van der Waals surface area contributed by atoms with E-state index in [1.54, 1.807) is 0 Å². The van der Waals surface area contributed by atoms with E-state index >= 15 is 0 Å². The van der Waals surface area contributed by atoms with Crippen LogP contribution in [0.15, 0.2) is 441 Å². The predicted molar refractivity (Wildman–Crippen MR) is 587 cm³/mol. The first-order chi connectivity index (χ1) is 68.4. The summed E-state index contributed by atoms with van der Waals surface area (Å²) >= 11 is 7.48. The highest BCUT2D eigenvalue weighted by molar-refractivity contribution is 7.27. The molecule has 12 aromatic heterocycles. The highest BCUT2D eigenvalue weighted by Gasteiger charge is 2.27. The van der Waals surface area contributed by atoms with Gasteiger partial charge in [-0.15, -0.1) is 45.3 Å². The molecule has 8 nitrogen and oxygen atoms in total. The van der Waals surface area contributed by atoms with Crippen LogP contribution in [0.3, 0.4) is 0 Å². The van der Waals surface area contributed by atoms with E-state index in [4.69, 9.17) is 22.1 Å². The number of aromatic nitrogens is 3. The van der Waals surface area contributed by atoms with Gasteiger partial charge in [-0.05, 0) is 174 Å². The minimum Gasteiger partial charge on any atom is -0.456 e. The number of furan rings is 5. The quantitative estimate of drug-likeness (QED) is 0.166. The molecule has 642 valence electrons. The second-order valence-electron chi connectivity index (χ2n) is 36.1. The first-order valence-corrected chi connectivity index (χ1v) is 49.8. The summed E-state index contributed by atoms with van der Waals surface area (Å²) in [4.78, 5) is 0. The molecule has 0 radical (unpaired) electrons. The number of fused-ring (bicyclic) bond motifs is 37. The van der Waals surface area contributed by atoms with Gasteiger partial charge in [-0.2, -0.15) is 0 Å². The molecule has 0 aliphatic heterocycles. The van der Waals surface area contributed by atoms with Gasteiger partial charge in [0.05, 0.1) is 33.1 Å². The van der Waals surface area contributed by atoms with E-state index in [0.29, 0.717) is 0 Å². The van der Waals surface area contributed by atoms with Gasteiger partial charge in [-0.1, -0.05) is 261 Å². The van der Waals surface area contributed by atoms with Gasteiger partial charge in [0.15, 0.2) is 0 Å². The van der Waals surface area contributed by atoms with Crippen molar-refractivity contribution in [1.29, 1.82) is 0 Å². The molecule has 0 saturated carbocycles. The fraction of sp³-hybridized carbons (Fsp3) is 0. The summed E-state index contributed by atoms with van der Waals surface area (Å²) in [7, 11) is 0. The van der Waals surface area contributed by atoms with Crippen molar-refractivity contribution in [3.05, 3.63) is 419 Å². The number of thiophene rings is 4. The fourth-order valence-corrected chi connectivity index (χ4v) is 27.5. The maximum atomic E-state index is 6.71. The zero-order valence-corrected chi connectivity index (χ0v) is 76.6. The summed E-state index contributed by atoms with van der Waals surface area (Å²) in [6.45, 7) is 0. The molecule has 0 amide bonds. The molecule has 0 unspecified atom stereocenters. The van der Waals surface area contributed by atoms with Gasteiger partial charge in [0.2, 0.25) is 0 Å². The maximum Gasteiger partial charge on any atom is 0.143 e. The molecule has 21 aromatic carbocycles. The van der Waals surface area contributed by atoms with Crippen LogP contribution in [-0.4, -0.2) is 13.7 Å². The molecule has 0 N–H and O–H groups in total. The normalized spacial score (nSPS) is 12.3. The summed E-state index contributed by atoms with van der Waals surface area (Å²) in [6.07, 6.45) is 0. The smallest absolute Gasteiger partial charge is 0.143 e. The molecule has 0 aliphatic rings. The van der Waals surface area contributed by atoms with Crippen molar-refractivity contribution >= 4 is 301 Å². The van der Waals surface area contributed by atoms with Crippen molar-refractivity contribution in [2.24, 2.45) is 0 Å². The van der Waals surface area contributed by atoms with Crippen LogP contribution in [0.5, 0.6) is 0 Å². The maximum absolute atomic E-state index is 6.71. The van der Waals surface area contributed by atoms with E-state index in [-0.39, 0.29) is 0 Å². The van der Waals surface area contributed by atoms with Crippen LogP contribution in [0, 0.1) is 0 Å². The van der Waals surface area contributed by atoms with Crippen molar-refractivity contribution in [1.82, 2.24) is 13.7 Å². The Hall–Kier alpha value is -17.1. The van der Waals surface area contributed by atoms with Crippen molar-refractivity contribution in [3.8, 4) is 50.4 Å². The van der Waals surface area contributed by atoms with E-state index in [1.807, 2.05) is 81.7 Å². The van der Waals surface area contributed by atoms with Crippen LogP contribution in [-0.2, 0) is 0 Å². The third-order valence-electron chi connectivity index (χ3n) is 28.8. The van der Waals surface area contributed by atoms with Crippen molar-refractivity contribution in [2.45, 2.75) is 0 Å². The molecule has 138 heavy (non-hydrogen) atoms. The topological polar surface area (TPSA) is 80.5 Å². The van der Waals surface area contributed by atoms with Gasteiger partial charge in [0, 0.05) is 201 Å². The minimum absolute atomic E-state index is 0.877. The van der Waals surface area contributed by atoms with Crippen LogP contribution in [0.1, 0.15) is 0 Å². The highest BCUT2D eigenvalue weighted by Crippen LogP contribution is 2.52. The number of hydrogen-bond acceptors (Lipinski definition) is 9. The van der Waals surface area contributed by atoms with Gasteiger partial charge in [-0.25, -0.2) is 0 Å². The van der Waals surface area contributed by atoms with Crippen LogP contribution >= 0.6 is 45.3 Å². The monoisotopic (exact) mass is 1830 g/mol. The zero-order chi connectivity index (χ0) is 89.8. The molecule has 33 aromatic rings. The van der Waals surface area contributed by atoms with E-state index < -0.39 is 0 Å². The van der Waals surface area contributed by atoms with Crippen LogP contribution in [0.25, 0.3) is 306 Å². The summed E-state index contributed by atoms with van der Waals surface area (Å²) < 4.78 is 50.3. The summed E-state index contributed by atoms with van der Waals surface area (Å²) in [5.41, 5.74) is 26.3. The Morgan fingerprint density at radius 1 is 0.145 bits per heavy atom. The molecule has 0 bridgehead atoms. The zero-order valence-electron chi connectivity index (χ0n) is 73.4. The second kappa shape index (κ2) is 29.2. The molecule has 33 rings (SSSR count). The lowest BCUT2D eigenvalue weighted by molar-refractivity contribution is 0.668.